The van der Waals surface area contributed by atoms with E-state index in [1.807, 2.05) is 0 Å². The van der Waals surface area contributed by atoms with E-state index in [0.29, 0.717) is 23.0 Å². The van der Waals surface area contributed by atoms with Gasteiger partial charge in [0.1, 0.15) is 0 Å². The first-order valence-corrected chi connectivity index (χ1v) is 4.88. The van der Waals surface area contributed by atoms with Crippen molar-refractivity contribution in [1.29, 1.82) is 0 Å². The molecule has 0 aromatic carbocycles. The van der Waals surface area contributed by atoms with Crippen molar-refractivity contribution in [3.05, 3.63) is 0 Å². The van der Waals surface area contributed by atoms with Gasteiger partial charge in [-0.3, -0.25) is 0 Å². The summed E-state index contributed by atoms with van der Waals surface area (Å²) < 4.78 is 5.54. The van der Waals surface area contributed by atoms with E-state index in [1.165, 1.54) is 0 Å². The number of hydrogen-bond acceptors (Lipinski definition) is 2. The van der Waals surface area contributed by atoms with Crippen molar-refractivity contribution in [2.24, 2.45) is 16.6 Å². The summed E-state index contributed by atoms with van der Waals surface area (Å²) in [6.45, 7) is 7.63. The molecule has 2 heteroatoms. The number of ether oxygens (including phenoxy) is 1. The number of nitrogens with two attached hydrogens (primary N) is 1. The van der Waals surface area contributed by atoms with Crippen LogP contribution < -0.4 is 5.73 Å². The Labute approximate surface area is 74.5 Å². The summed E-state index contributed by atoms with van der Waals surface area (Å²) >= 11 is 0. The maximum atomic E-state index is 6.12. The zero-order valence-corrected chi connectivity index (χ0v) is 8.26. The molecule has 2 nitrogen and oxygen atoms in total. The van der Waals surface area contributed by atoms with E-state index < -0.39 is 0 Å². The Balaban J connectivity index is 2.14. The quantitative estimate of drug-likeness (QED) is 0.597. The molecule has 2 aliphatic rings. The van der Waals surface area contributed by atoms with Gasteiger partial charge < -0.3 is 10.5 Å². The van der Waals surface area contributed by atoms with Crippen molar-refractivity contribution in [2.45, 2.75) is 45.8 Å². The maximum absolute atomic E-state index is 6.12. The van der Waals surface area contributed by atoms with Crippen LogP contribution in [-0.2, 0) is 4.74 Å². The summed E-state index contributed by atoms with van der Waals surface area (Å²) in [5.74, 6) is 0. The molecule has 12 heavy (non-hydrogen) atoms. The summed E-state index contributed by atoms with van der Waals surface area (Å²) in [6, 6.07) is 0.399. The van der Waals surface area contributed by atoms with Gasteiger partial charge in [-0.2, -0.15) is 0 Å². The van der Waals surface area contributed by atoms with Gasteiger partial charge in [0.15, 0.2) is 0 Å². The predicted molar refractivity (Wildman–Crippen MR) is 48.8 cm³/mol. The Kier molecular flexibility index (Phi) is 1.59. The Morgan fingerprint density at radius 2 is 2.00 bits per heavy atom. The van der Waals surface area contributed by atoms with Crippen molar-refractivity contribution >= 4 is 0 Å². The Morgan fingerprint density at radius 3 is 2.33 bits per heavy atom. The van der Waals surface area contributed by atoms with Crippen LogP contribution >= 0.6 is 0 Å². The molecule has 0 radical (unpaired) electrons. The molecular weight excluding hydrogens is 150 g/mol. The van der Waals surface area contributed by atoms with Crippen molar-refractivity contribution in [3.63, 3.8) is 0 Å². The van der Waals surface area contributed by atoms with E-state index in [0.717, 1.165) is 19.4 Å². The Bertz CT molecular complexity index is 202. The van der Waals surface area contributed by atoms with E-state index in [1.54, 1.807) is 0 Å². The molecule has 1 saturated heterocycles. The van der Waals surface area contributed by atoms with E-state index in [2.05, 4.69) is 20.8 Å². The Morgan fingerprint density at radius 1 is 1.42 bits per heavy atom. The first-order valence-electron chi connectivity index (χ1n) is 4.88. The van der Waals surface area contributed by atoms with Crippen LogP contribution in [0.5, 0.6) is 0 Å². The molecule has 3 unspecified atom stereocenters. The lowest BCUT2D eigenvalue weighted by molar-refractivity contribution is -0.0157. The second kappa shape index (κ2) is 2.24. The number of hydrogen-bond donors (Lipinski definition) is 1. The highest BCUT2D eigenvalue weighted by Crippen LogP contribution is 2.67. The Hall–Kier alpha value is -0.0800. The molecule has 1 heterocycles. The van der Waals surface area contributed by atoms with Gasteiger partial charge in [-0.25, -0.2) is 0 Å². The third kappa shape index (κ3) is 0.826. The lowest BCUT2D eigenvalue weighted by atomic mass is 9.85. The molecule has 1 aliphatic heterocycles. The van der Waals surface area contributed by atoms with Gasteiger partial charge in [-0.15, -0.1) is 0 Å². The van der Waals surface area contributed by atoms with Gasteiger partial charge in [0.05, 0.1) is 6.10 Å². The van der Waals surface area contributed by atoms with Crippen molar-refractivity contribution in [3.8, 4) is 0 Å². The zero-order chi connectivity index (χ0) is 8.98. The van der Waals surface area contributed by atoms with Crippen LogP contribution in [0, 0.1) is 10.8 Å². The first-order chi connectivity index (χ1) is 5.51. The third-order valence-corrected chi connectivity index (χ3v) is 4.17. The van der Waals surface area contributed by atoms with Crippen LogP contribution in [-0.4, -0.2) is 18.8 Å². The third-order valence-electron chi connectivity index (χ3n) is 4.17. The van der Waals surface area contributed by atoms with Gasteiger partial charge in [-0.1, -0.05) is 13.8 Å². The fourth-order valence-electron chi connectivity index (χ4n) is 2.97. The lowest BCUT2D eigenvalue weighted by Crippen LogP contribution is -2.29. The van der Waals surface area contributed by atoms with Crippen molar-refractivity contribution < 1.29 is 4.74 Å². The summed E-state index contributed by atoms with van der Waals surface area (Å²) in [4.78, 5) is 0. The molecule has 2 N–H and O–H groups in total. The summed E-state index contributed by atoms with van der Waals surface area (Å²) in [7, 11) is 0. The van der Waals surface area contributed by atoms with Crippen LogP contribution in [0.4, 0.5) is 0 Å². The molecule has 70 valence electrons. The van der Waals surface area contributed by atoms with Gasteiger partial charge in [0.2, 0.25) is 0 Å². The van der Waals surface area contributed by atoms with E-state index in [9.17, 15) is 0 Å². The van der Waals surface area contributed by atoms with Crippen LogP contribution in [0.25, 0.3) is 0 Å². The molecule has 2 fully saturated rings. The van der Waals surface area contributed by atoms with Crippen molar-refractivity contribution in [2.75, 3.05) is 6.61 Å². The molecule has 0 amide bonds. The largest absolute Gasteiger partial charge is 0.378 e. The van der Waals surface area contributed by atoms with Crippen molar-refractivity contribution in [1.82, 2.24) is 0 Å². The fraction of sp³-hybridized carbons (Fsp3) is 1.00. The van der Waals surface area contributed by atoms with Gasteiger partial charge >= 0.3 is 0 Å². The summed E-state index contributed by atoms with van der Waals surface area (Å²) in [6.07, 6.45) is 2.72. The topological polar surface area (TPSA) is 35.2 Å². The lowest BCUT2D eigenvalue weighted by Gasteiger charge is -2.30. The second-order valence-corrected chi connectivity index (χ2v) is 4.99. The molecule has 0 bridgehead atoms. The second-order valence-electron chi connectivity index (χ2n) is 4.99. The highest BCUT2D eigenvalue weighted by molar-refractivity contribution is 5.21. The molecule has 3 atom stereocenters. The minimum absolute atomic E-state index is 0.352. The molecule has 0 aromatic rings. The minimum Gasteiger partial charge on any atom is -0.378 e. The normalized spacial score (nSPS) is 51.0. The SMILES string of the molecule is CC1CC2(CCO1)C(N)C2(C)C. The smallest absolute Gasteiger partial charge is 0.0553 e. The van der Waals surface area contributed by atoms with Gasteiger partial charge in [-0.05, 0) is 30.6 Å². The minimum atomic E-state index is 0.352. The van der Waals surface area contributed by atoms with Crippen LogP contribution in [0.3, 0.4) is 0 Å². The monoisotopic (exact) mass is 169 g/mol. The highest BCUT2D eigenvalue weighted by atomic mass is 16.5. The molecule has 1 aliphatic carbocycles. The van der Waals surface area contributed by atoms with Gasteiger partial charge in [0.25, 0.3) is 0 Å². The summed E-state index contributed by atoms with van der Waals surface area (Å²) in [5.41, 5.74) is 6.88. The summed E-state index contributed by atoms with van der Waals surface area (Å²) in [5, 5.41) is 0. The molecular formula is C10H19NO. The standard InChI is InChI=1S/C10H19NO/c1-7-6-10(4-5-12-7)8(11)9(10,2)3/h7-8H,4-6,11H2,1-3H3. The average Bonchev–Trinajstić information content (AvgIpc) is 2.36. The van der Waals surface area contributed by atoms with Crippen LogP contribution in [0.2, 0.25) is 0 Å². The van der Waals surface area contributed by atoms with Crippen LogP contribution in [0.15, 0.2) is 0 Å². The fourth-order valence-corrected chi connectivity index (χ4v) is 2.97. The molecule has 0 aromatic heterocycles. The number of rotatable bonds is 0. The molecule has 2 rings (SSSR count). The maximum Gasteiger partial charge on any atom is 0.0553 e. The highest BCUT2D eigenvalue weighted by Gasteiger charge is 2.69. The van der Waals surface area contributed by atoms with Crippen LogP contribution in [0.1, 0.15) is 33.6 Å². The van der Waals surface area contributed by atoms with E-state index in [-0.39, 0.29) is 0 Å². The van der Waals surface area contributed by atoms with E-state index in [4.69, 9.17) is 10.5 Å². The molecule has 1 saturated carbocycles. The van der Waals surface area contributed by atoms with Gasteiger partial charge in [0, 0.05) is 12.6 Å². The zero-order valence-electron chi connectivity index (χ0n) is 8.26. The molecule has 1 spiro atoms. The van der Waals surface area contributed by atoms with E-state index >= 15 is 0 Å². The first kappa shape index (κ1) is 8.52. The average molecular weight is 169 g/mol. The predicted octanol–water partition coefficient (Wildman–Crippen LogP) is 1.54.